The van der Waals surface area contributed by atoms with Gasteiger partial charge in [-0.3, -0.25) is 4.99 Å². The number of benzene rings is 1. The van der Waals surface area contributed by atoms with E-state index in [-0.39, 0.29) is 11.4 Å². The Morgan fingerprint density at radius 3 is 2.44 bits per heavy atom. The Hall–Kier alpha value is -1.94. The Morgan fingerprint density at radius 1 is 1.15 bits per heavy atom. The lowest BCUT2D eigenvalue weighted by Crippen LogP contribution is -2.36. The van der Waals surface area contributed by atoms with Crippen LogP contribution in [0.3, 0.4) is 0 Å². The van der Waals surface area contributed by atoms with E-state index in [1.807, 2.05) is 0 Å². The van der Waals surface area contributed by atoms with Gasteiger partial charge in [-0.2, -0.15) is 0 Å². The molecule has 0 aliphatic heterocycles. The molecule has 0 aliphatic carbocycles. The highest BCUT2D eigenvalue weighted by Crippen LogP contribution is 2.14. The molecule has 0 saturated carbocycles. The Morgan fingerprint density at radius 2 is 1.85 bits per heavy atom. The first-order valence-corrected chi connectivity index (χ1v) is 10.9. The van der Waals surface area contributed by atoms with Crippen LogP contribution >= 0.6 is 11.3 Å². The number of sulfonamides is 1. The van der Waals surface area contributed by atoms with Crippen LogP contribution in [0.15, 0.2) is 45.6 Å². The lowest BCUT2D eigenvalue weighted by Gasteiger charge is -2.12. The van der Waals surface area contributed by atoms with Crippen LogP contribution in [0.25, 0.3) is 0 Å². The summed E-state index contributed by atoms with van der Waals surface area (Å²) in [6.45, 7) is 3.92. The molecule has 0 spiro atoms. The van der Waals surface area contributed by atoms with Crippen LogP contribution in [0.2, 0.25) is 0 Å². The van der Waals surface area contributed by atoms with E-state index in [0.29, 0.717) is 25.7 Å². The maximum absolute atomic E-state index is 12.1. The summed E-state index contributed by atoms with van der Waals surface area (Å²) in [6.07, 6.45) is 0. The number of nitrogens with one attached hydrogen (secondary N) is 3. The summed E-state index contributed by atoms with van der Waals surface area (Å²) in [5.74, 6) is 0.695. The average Bonchev–Trinajstić information content (AvgIpc) is 3.07. The number of rotatable bonds is 9. The molecule has 0 atom stereocenters. The van der Waals surface area contributed by atoms with E-state index >= 15 is 0 Å². The molecule has 9 heteroatoms. The van der Waals surface area contributed by atoms with Crippen LogP contribution in [0.4, 0.5) is 0 Å². The van der Waals surface area contributed by atoms with Gasteiger partial charge < -0.3 is 15.4 Å². The summed E-state index contributed by atoms with van der Waals surface area (Å²) in [5, 5.41) is 8.58. The first kappa shape index (κ1) is 21.4. The number of thiophene rings is 1. The second kappa shape index (κ2) is 10.4. The summed E-state index contributed by atoms with van der Waals surface area (Å²) in [6, 6.07) is 8.86. The third-order valence-corrected chi connectivity index (χ3v) is 6.40. The van der Waals surface area contributed by atoms with Gasteiger partial charge in [0.05, 0.1) is 18.0 Å². The van der Waals surface area contributed by atoms with E-state index in [0.717, 1.165) is 5.56 Å². The zero-order valence-corrected chi connectivity index (χ0v) is 17.4. The van der Waals surface area contributed by atoms with Gasteiger partial charge in [-0.05, 0) is 41.6 Å². The molecule has 2 rings (SSSR count). The van der Waals surface area contributed by atoms with Gasteiger partial charge in [0.1, 0.15) is 0 Å². The minimum atomic E-state index is -3.51. The number of ether oxygens (including phenoxy) is 1. The molecule has 7 nitrogen and oxygen atoms in total. The summed E-state index contributed by atoms with van der Waals surface area (Å²) >= 11 is 1.71. The summed E-state index contributed by atoms with van der Waals surface area (Å²) in [7, 11) is -0.260. The van der Waals surface area contributed by atoms with Crippen LogP contribution in [0, 0.1) is 6.92 Å². The van der Waals surface area contributed by atoms with Crippen molar-refractivity contribution in [2.45, 2.75) is 24.9 Å². The van der Waals surface area contributed by atoms with Crippen molar-refractivity contribution in [3.05, 3.63) is 51.7 Å². The number of hydrogen-bond donors (Lipinski definition) is 3. The zero-order valence-electron chi connectivity index (χ0n) is 15.8. The third kappa shape index (κ3) is 6.62. The second-order valence-corrected chi connectivity index (χ2v) is 8.61. The molecule has 0 amide bonds. The van der Waals surface area contributed by atoms with Crippen molar-refractivity contribution in [2.75, 3.05) is 27.3 Å². The maximum atomic E-state index is 12.1. The molecule has 0 aliphatic rings. The number of nitrogens with zero attached hydrogens (tertiary/aromatic N) is 1. The zero-order chi connectivity index (χ0) is 19.7. The lowest BCUT2D eigenvalue weighted by atomic mass is 10.2. The van der Waals surface area contributed by atoms with Gasteiger partial charge in [0.2, 0.25) is 10.0 Å². The molecule has 2 aromatic rings. The third-order valence-electron chi connectivity index (χ3n) is 3.90. The smallest absolute Gasteiger partial charge is 0.240 e. The molecule has 0 saturated heterocycles. The highest BCUT2D eigenvalue weighted by molar-refractivity contribution is 7.89. The standard InChI is InChI=1S/C18H26N4O3S2/c1-14-8-11-26-17(14)13-21-18(19-2)20-12-15-4-6-16(7-5-15)27(23,24)22-9-10-25-3/h4-8,11,22H,9-10,12-13H2,1-3H3,(H2,19,20,21). The molecule has 1 heterocycles. The van der Waals surface area contributed by atoms with E-state index < -0.39 is 10.0 Å². The van der Waals surface area contributed by atoms with E-state index in [2.05, 4.69) is 38.7 Å². The monoisotopic (exact) mass is 410 g/mol. The van der Waals surface area contributed by atoms with Crippen molar-refractivity contribution in [1.29, 1.82) is 0 Å². The van der Waals surface area contributed by atoms with Gasteiger partial charge in [-0.25, -0.2) is 13.1 Å². The molecular formula is C18H26N4O3S2. The maximum Gasteiger partial charge on any atom is 0.240 e. The Bertz CT molecular complexity index is 846. The first-order valence-electron chi connectivity index (χ1n) is 8.51. The molecule has 1 aromatic heterocycles. The highest BCUT2D eigenvalue weighted by Gasteiger charge is 2.12. The van der Waals surface area contributed by atoms with Crippen LogP contribution in [0.5, 0.6) is 0 Å². The predicted octanol–water partition coefficient (Wildman–Crippen LogP) is 1.85. The fourth-order valence-electron chi connectivity index (χ4n) is 2.30. The van der Waals surface area contributed by atoms with Gasteiger partial charge in [0.25, 0.3) is 0 Å². The van der Waals surface area contributed by atoms with Crippen molar-refractivity contribution in [2.24, 2.45) is 4.99 Å². The lowest BCUT2D eigenvalue weighted by molar-refractivity contribution is 0.204. The van der Waals surface area contributed by atoms with E-state index in [1.54, 1.807) is 42.6 Å². The van der Waals surface area contributed by atoms with Crippen molar-refractivity contribution in [3.8, 4) is 0 Å². The number of aryl methyl sites for hydroxylation is 1. The Kier molecular flexibility index (Phi) is 8.23. The van der Waals surface area contributed by atoms with Crippen LogP contribution in [-0.4, -0.2) is 41.7 Å². The molecular weight excluding hydrogens is 384 g/mol. The van der Waals surface area contributed by atoms with Crippen molar-refractivity contribution < 1.29 is 13.2 Å². The minimum Gasteiger partial charge on any atom is -0.383 e. The van der Waals surface area contributed by atoms with Crippen molar-refractivity contribution in [3.63, 3.8) is 0 Å². The summed E-state index contributed by atoms with van der Waals surface area (Å²) in [5.41, 5.74) is 2.22. The van der Waals surface area contributed by atoms with Gasteiger partial charge in [0, 0.05) is 32.1 Å². The number of guanidine groups is 1. The molecule has 0 radical (unpaired) electrons. The quantitative estimate of drug-likeness (QED) is 0.333. The largest absolute Gasteiger partial charge is 0.383 e. The van der Waals surface area contributed by atoms with Crippen molar-refractivity contribution in [1.82, 2.24) is 15.4 Å². The Labute approximate surface area is 164 Å². The molecule has 1 aromatic carbocycles. The molecule has 3 N–H and O–H groups in total. The van der Waals surface area contributed by atoms with Gasteiger partial charge in [-0.15, -0.1) is 11.3 Å². The minimum absolute atomic E-state index is 0.234. The van der Waals surface area contributed by atoms with Gasteiger partial charge in [-0.1, -0.05) is 12.1 Å². The van der Waals surface area contributed by atoms with E-state index in [1.165, 1.54) is 17.6 Å². The average molecular weight is 411 g/mol. The first-order chi connectivity index (χ1) is 13.0. The molecule has 0 unspecified atom stereocenters. The molecule has 148 valence electrons. The molecule has 0 fully saturated rings. The highest BCUT2D eigenvalue weighted by atomic mass is 32.2. The second-order valence-electron chi connectivity index (χ2n) is 5.84. The normalized spacial score (nSPS) is 12.2. The van der Waals surface area contributed by atoms with Crippen LogP contribution in [-0.2, 0) is 27.8 Å². The fraction of sp³-hybridized carbons (Fsp3) is 0.389. The topological polar surface area (TPSA) is 91.8 Å². The number of hydrogen-bond acceptors (Lipinski definition) is 5. The number of aliphatic imine (C=N–C) groups is 1. The van der Waals surface area contributed by atoms with Gasteiger partial charge >= 0.3 is 0 Å². The van der Waals surface area contributed by atoms with Crippen LogP contribution < -0.4 is 15.4 Å². The van der Waals surface area contributed by atoms with Crippen molar-refractivity contribution >= 4 is 27.3 Å². The number of methoxy groups -OCH3 is 1. The van der Waals surface area contributed by atoms with Crippen LogP contribution in [0.1, 0.15) is 16.0 Å². The fourth-order valence-corrected chi connectivity index (χ4v) is 4.16. The van der Waals surface area contributed by atoms with Gasteiger partial charge in [0.15, 0.2) is 5.96 Å². The SMILES string of the molecule is CN=C(NCc1ccc(S(=O)(=O)NCCOC)cc1)NCc1sccc1C. The Balaban J connectivity index is 1.87. The van der Waals surface area contributed by atoms with E-state index in [9.17, 15) is 8.42 Å². The molecule has 27 heavy (non-hydrogen) atoms. The summed E-state index contributed by atoms with van der Waals surface area (Å²) < 4.78 is 31.6. The molecule has 0 bridgehead atoms. The van der Waals surface area contributed by atoms with E-state index in [4.69, 9.17) is 4.74 Å². The summed E-state index contributed by atoms with van der Waals surface area (Å²) in [4.78, 5) is 5.72. The predicted molar refractivity (Wildman–Crippen MR) is 110 cm³/mol.